The van der Waals surface area contributed by atoms with E-state index in [9.17, 15) is 4.79 Å². The Morgan fingerprint density at radius 1 is 1.36 bits per heavy atom. The van der Waals surface area contributed by atoms with Crippen molar-refractivity contribution >= 4 is 16.9 Å². The number of amides is 1. The van der Waals surface area contributed by atoms with Gasteiger partial charge in [0.1, 0.15) is 11.0 Å². The molecule has 0 radical (unpaired) electrons. The normalized spacial score (nSPS) is 18.2. The van der Waals surface area contributed by atoms with Gasteiger partial charge in [0.05, 0.1) is 5.92 Å². The Hall–Kier alpha value is -2.77. The largest absolute Gasteiger partial charge is 0.339 e. The standard InChI is InChI=1S/C14H14N6O2/c1-8-15-13(22-18-8)10-4-5-20(7-10)14(21)9-2-3-11-12(6-9)17-19-16-11/h2-3,6,10H,4-5,7H2,1H3,(H,16,17,19)/t10-/m0/s1. The first-order valence-corrected chi connectivity index (χ1v) is 7.11. The van der Waals surface area contributed by atoms with Gasteiger partial charge in [-0.2, -0.15) is 20.4 Å². The highest BCUT2D eigenvalue weighted by Gasteiger charge is 2.31. The van der Waals surface area contributed by atoms with Crippen LogP contribution in [0.4, 0.5) is 0 Å². The number of nitrogens with one attached hydrogen (secondary N) is 1. The lowest BCUT2D eigenvalue weighted by Crippen LogP contribution is -2.28. The van der Waals surface area contributed by atoms with Gasteiger partial charge in [0, 0.05) is 18.7 Å². The number of rotatable bonds is 2. The second-order valence-electron chi connectivity index (χ2n) is 5.44. The van der Waals surface area contributed by atoms with Crippen LogP contribution < -0.4 is 0 Å². The number of carbonyl (C=O) groups excluding carboxylic acids is 1. The van der Waals surface area contributed by atoms with Crippen molar-refractivity contribution in [2.45, 2.75) is 19.3 Å². The molecule has 1 fully saturated rings. The van der Waals surface area contributed by atoms with E-state index in [0.717, 1.165) is 11.9 Å². The van der Waals surface area contributed by atoms with Crippen molar-refractivity contribution in [3.8, 4) is 0 Å². The second-order valence-corrected chi connectivity index (χ2v) is 5.44. The summed E-state index contributed by atoms with van der Waals surface area (Å²) in [7, 11) is 0. The zero-order valence-electron chi connectivity index (χ0n) is 12.0. The Balaban J connectivity index is 1.53. The second kappa shape index (κ2) is 4.90. The van der Waals surface area contributed by atoms with Crippen molar-refractivity contribution < 1.29 is 9.32 Å². The molecule has 4 rings (SSSR count). The molecule has 0 bridgehead atoms. The van der Waals surface area contributed by atoms with Crippen LogP contribution in [0.2, 0.25) is 0 Å². The quantitative estimate of drug-likeness (QED) is 0.764. The fraction of sp³-hybridized carbons (Fsp3) is 0.357. The van der Waals surface area contributed by atoms with Gasteiger partial charge in [0.25, 0.3) is 5.91 Å². The van der Waals surface area contributed by atoms with Crippen molar-refractivity contribution in [2.24, 2.45) is 0 Å². The highest BCUT2D eigenvalue weighted by molar-refractivity contribution is 5.97. The van der Waals surface area contributed by atoms with E-state index in [1.54, 1.807) is 25.1 Å². The third kappa shape index (κ3) is 2.12. The molecule has 1 saturated heterocycles. The van der Waals surface area contributed by atoms with E-state index in [1.807, 2.05) is 4.90 Å². The molecule has 8 nitrogen and oxygen atoms in total. The molecular formula is C14H14N6O2. The average molecular weight is 298 g/mol. The van der Waals surface area contributed by atoms with Crippen LogP contribution in [0, 0.1) is 6.92 Å². The predicted molar refractivity (Wildman–Crippen MR) is 76.2 cm³/mol. The van der Waals surface area contributed by atoms with Crippen LogP contribution in [0.25, 0.3) is 11.0 Å². The first-order chi connectivity index (χ1) is 10.7. The molecule has 3 heterocycles. The van der Waals surface area contributed by atoms with Crippen LogP contribution in [0.3, 0.4) is 0 Å². The molecule has 0 unspecified atom stereocenters. The molecule has 1 aromatic carbocycles. The monoisotopic (exact) mass is 298 g/mol. The molecule has 0 spiro atoms. The number of likely N-dealkylation sites (tertiary alicyclic amines) is 1. The van der Waals surface area contributed by atoms with Gasteiger partial charge >= 0.3 is 0 Å². The molecule has 112 valence electrons. The first-order valence-electron chi connectivity index (χ1n) is 7.11. The van der Waals surface area contributed by atoms with E-state index >= 15 is 0 Å². The maximum absolute atomic E-state index is 12.6. The minimum Gasteiger partial charge on any atom is -0.339 e. The molecule has 1 atom stereocenters. The summed E-state index contributed by atoms with van der Waals surface area (Å²) in [6, 6.07) is 5.32. The molecule has 0 aliphatic carbocycles. The topological polar surface area (TPSA) is 101 Å². The van der Waals surface area contributed by atoms with E-state index in [2.05, 4.69) is 25.6 Å². The summed E-state index contributed by atoms with van der Waals surface area (Å²) in [5, 5.41) is 14.4. The van der Waals surface area contributed by atoms with E-state index in [-0.39, 0.29) is 11.8 Å². The molecule has 1 amide bonds. The maximum atomic E-state index is 12.6. The van der Waals surface area contributed by atoms with Crippen LogP contribution in [-0.2, 0) is 0 Å². The summed E-state index contributed by atoms with van der Waals surface area (Å²) in [4.78, 5) is 18.7. The summed E-state index contributed by atoms with van der Waals surface area (Å²) in [5.41, 5.74) is 2.05. The van der Waals surface area contributed by atoms with Gasteiger partial charge in [0.15, 0.2) is 5.82 Å². The third-order valence-electron chi connectivity index (χ3n) is 3.93. The van der Waals surface area contributed by atoms with Crippen molar-refractivity contribution in [1.29, 1.82) is 0 Å². The third-order valence-corrected chi connectivity index (χ3v) is 3.93. The molecule has 1 N–H and O–H groups in total. The Bertz CT molecular complexity index is 839. The smallest absolute Gasteiger partial charge is 0.253 e. The lowest BCUT2D eigenvalue weighted by atomic mass is 10.1. The maximum Gasteiger partial charge on any atom is 0.253 e. The van der Waals surface area contributed by atoms with E-state index < -0.39 is 0 Å². The average Bonchev–Trinajstić information content (AvgIpc) is 3.25. The molecule has 1 aliphatic rings. The Kier molecular flexibility index (Phi) is 2.88. The number of aromatic nitrogens is 5. The highest BCUT2D eigenvalue weighted by atomic mass is 16.5. The number of benzene rings is 1. The summed E-state index contributed by atoms with van der Waals surface area (Å²) >= 11 is 0. The predicted octanol–water partition coefficient (Wildman–Crippen LogP) is 1.28. The van der Waals surface area contributed by atoms with Gasteiger partial charge in [-0.1, -0.05) is 5.16 Å². The number of hydrogen-bond donors (Lipinski definition) is 1. The van der Waals surface area contributed by atoms with E-state index in [0.29, 0.717) is 35.9 Å². The van der Waals surface area contributed by atoms with Crippen molar-refractivity contribution in [2.75, 3.05) is 13.1 Å². The summed E-state index contributed by atoms with van der Waals surface area (Å²) in [6.07, 6.45) is 0.833. The van der Waals surface area contributed by atoms with Gasteiger partial charge in [-0.3, -0.25) is 4.79 Å². The molecule has 22 heavy (non-hydrogen) atoms. The molecule has 1 aliphatic heterocycles. The van der Waals surface area contributed by atoms with Crippen LogP contribution in [0.15, 0.2) is 22.7 Å². The molecule has 0 saturated carbocycles. The van der Waals surface area contributed by atoms with Crippen LogP contribution in [-0.4, -0.2) is 49.4 Å². The lowest BCUT2D eigenvalue weighted by molar-refractivity contribution is 0.0789. The fourth-order valence-electron chi connectivity index (χ4n) is 2.78. The minimum atomic E-state index is -0.0105. The van der Waals surface area contributed by atoms with Crippen LogP contribution >= 0.6 is 0 Å². The number of hydrogen-bond acceptors (Lipinski definition) is 6. The van der Waals surface area contributed by atoms with Crippen LogP contribution in [0.5, 0.6) is 0 Å². The Morgan fingerprint density at radius 3 is 3.05 bits per heavy atom. The van der Waals surface area contributed by atoms with Gasteiger partial charge < -0.3 is 9.42 Å². The fourth-order valence-corrected chi connectivity index (χ4v) is 2.78. The number of nitrogens with zero attached hydrogens (tertiary/aromatic N) is 5. The Labute approximate surface area is 125 Å². The number of fused-ring (bicyclic) bond motifs is 1. The van der Waals surface area contributed by atoms with Crippen LogP contribution in [0.1, 0.15) is 34.4 Å². The summed E-state index contributed by atoms with van der Waals surface area (Å²) in [5.74, 6) is 1.33. The van der Waals surface area contributed by atoms with Gasteiger partial charge in [-0.25, -0.2) is 0 Å². The number of H-pyrrole nitrogens is 1. The van der Waals surface area contributed by atoms with Gasteiger partial charge in [0.2, 0.25) is 5.89 Å². The van der Waals surface area contributed by atoms with Gasteiger partial charge in [-0.15, -0.1) is 0 Å². The molecule has 3 aromatic rings. The van der Waals surface area contributed by atoms with Crippen molar-refractivity contribution in [1.82, 2.24) is 30.5 Å². The summed E-state index contributed by atoms with van der Waals surface area (Å²) < 4.78 is 5.21. The number of aryl methyl sites for hydroxylation is 1. The van der Waals surface area contributed by atoms with Crippen molar-refractivity contribution in [3.05, 3.63) is 35.5 Å². The van der Waals surface area contributed by atoms with E-state index in [4.69, 9.17) is 4.52 Å². The van der Waals surface area contributed by atoms with Gasteiger partial charge in [-0.05, 0) is 31.5 Å². The zero-order valence-corrected chi connectivity index (χ0v) is 12.0. The lowest BCUT2D eigenvalue weighted by Gasteiger charge is -2.15. The summed E-state index contributed by atoms with van der Waals surface area (Å²) in [6.45, 7) is 3.07. The molecular weight excluding hydrogens is 284 g/mol. The SMILES string of the molecule is Cc1noc([C@H]2CCN(C(=O)c3ccc4n[nH]nc4c3)C2)n1. The van der Waals surface area contributed by atoms with Crippen molar-refractivity contribution in [3.63, 3.8) is 0 Å². The molecule has 8 heteroatoms. The number of carbonyl (C=O) groups is 1. The molecule has 2 aromatic heterocycles. The Morgan fingerprint density at radius 2 is 2.23 bits per heavy atom. The number of aromatic amines is 1. The zero-order chi connectivity index (χ0) is 15.1. The minimum absolute atomic E-state index is 0.0105. The van der Waals surface area contributed by atoms with E-state index in [1.165, 1.54) is 0 Å². The highest BCUT2D eigenvalue weighted by Crippen LogP contribution is 2.27. The first kappa shape index (κ1) is 12.9.